The van der Waals surface area contributed by atoms with E-state index in [2.05, 4.69) is 20.8 Å². The summed E-state index contributed by atoms with van der Waals surface area (Å²) in [5, 5.41) is 0.600. The highest BCUT2D eigenvalue weighted by molar-refractivity contribution is 7.91. The molecule has 3 rings (SSSR count). The van der Waals surface area contributed by atoms with E-state index in [-0.39, 0.29) is 16.0 Å². The summed E-state index contributed by atoms with van der Waals surface area (Å²) in [6, 6.07) is 10.7. The Kier molecular flexibility index (Phi) is 23.2. The Bertz CT molecular complexity index is 1800. The lowest BCUT2D eigenvalue weighted by Gasteiger charge is -2.13. The van der Waals surface area contributed by atoms with Crippen LogP contribution in [-0.2, 0) is 46.6 Å². The van der Waals surface area contributed by atoms with Crippen molar-refractivity contribution >= 4 is 51.0 Å². The van der Waals surface area contributed by atoms with Gasteiger partial charge in [0.25, 0.3) is 30.4 Å². The van der Waals surface area contributed by atoms with Gasteiger partial charge >= 0.3 is 0 Å². The highest BCUT2D eigenvalue weighted by Gasteiger charge is 2.21. The minimum absolute atomic E-state index is 0.0632. The van der Waals surface area contributed by atoms with Crippen LogP contribution in [0, 0.1) is 20.8 Å². The first-order chi connectivity index (χ1) is 21.4. The summed E-state index contributed by atoms with van der Waals surface area (Å²) in [5.41, 5.74) is 3.08. The van der Waals surface area contributed by atoms with E-state index in [1.165, 1.54) is 24.1 Å². The van der Waals surface area contributed by atoms with E-state index in [4.69, 9.17) is 9.11 Å². The first-order valence-corrected chi connectivity index (χ1v) is 21.6. The third-order valence-corrected chi connectivity index (χ3v) is 9.29. The Morgan fingerprint density at radius 2 is 1.04 bits per heavy atom. The molecule has 0 fully saturated rings. The number of aryl methyl sites for hydroxylation is 4. The van der Waals surface area contributed by atoms with Crippen LogP contribution in [-0.4, -0.2) is 59.3 Å². The largest absolute Gasteiger partial charge is 0.295 e. The summed E-state index contributed by atoms with van der Waals surface area (Å²) in [6.07, 6.45) is 3.57. The first-order valence-electron chi connectivity index (χ1n) is 15.2. The predicted octanol–water partition coefficient (Wildman–Crippen LogP) is 7.66. The number of rotatable bonds is 6. The molecule has 0 unspecified atom stereocenters. The third kappa shape index (κ3) is 18.7. The number of benzene rings is 3. The minimum atomic E-state index is -4.52. The van der Waals surface area contributed by atoms with Crippen molar-refractivity contribution in [3.05, 3.63) is 64.7 Å². The molecule has 11 nitrogen and oxygen atoms in total. The van der Waals surface area contributed by atoms with Crippen molar-refractivity contribution < 1.29 is 47.3 Å². The summed E-state index contributed by atoms with van der Waals surface area (Å²) in [5.74, 6) is 0.235. The Morgan fingerprint density at radius 3 is 1.38 bits per heavy atom. The van der Waals surface area contributed by atoms with Crippen molar-refractivity contribution in [3.63, 3.8) is 0 Å². The molecule has 0 atom stereocenters. The smallest absolute Gasteiger partial charge is 0.286 e. The molecule has 0 aliphatic heterocycles. The maximum atomic E-state index is 11.6. The normalized spacial score (nSPS) is 11.0. The second kappa shape index (κ2) is 22.3. The SMILES string of the molecule is CC.CC.CCC.CCCS(=O)(=O)c1ccc(CC)cc1.CS(=O)(=O)O.Cc1cc(S(=O)(=O)O)c2cc(S(=O)(=O)O)cc(C)c2c1C. The van der Waals surface area contributed by atoms with Crippen LogP contribution in [0.5, 0.6) is 0 Å². The third-order valence-electron chi connectivity index (χ3n) is 5.63. The quantitative estimate of drug-likeness (QED) is 0.210. The molecule has 15 heteroatoms. The molecule has 0 saturated carbocycles. The lowest BCUT2D eigenvalue weighted by Crippen LogP contribution is -2.05. The average Bonchev–Trinajstić information content (AvgIpc) is 2.95. The van der Waals surface area contributed by atoms with Crippen molar-refractivity contribution in [1.29, 1.82) is 0 Å². The molecule has 0 amide bonds. The van der Waals surface area contributed by atoms with Gasteiger partial charge in [-0.2, -0.15) is 25.3 Å². The molecule has 47 heavy (non-hydrogen) atoms. The standard InChI is InChI=1S/C13H14O6S2.C11H16O2S.C3H8.2C2H6.CH4O3S/c1-7-5-12(21(17,18)19)11-6-10(20(14,15)16)4-8(2)13(11)9(7)3;1-3-9-14(12,13)11-7-5-10(4-2)6-8-11;1-3-2;2*1-2;1-5(2,3)4/h4-6H,1-3H3,(H,14,15,16)(H,17,18,19);5-8H,3-4,9H2,1-2H3;3H2,1-2H3;2*1-2H3;1H3,(H,2,3,4). The summed E-state index contributed by atoms with van der Waals surface area (Å²) in [7, 11) is -15.7. The molecule has 0 radical (unpaired) electrons. The van der Waals surface area contributed by atoms with Crippen LogP contribution in [0.25, 0.3) is 10.8 Å². The van der Waals surface area contributed by atoms with Gasteiger partial charge in [-0.3, -0.25) is 13.7 Å². The molecule has 3 aromatic rings. The van der Waals surface area contributed by atoms with E-state index < -0.39 is 45.1 Å². The molecule has 0 aromatic heterocycles. The summed E-state index contributed by atoms with van der Waals surface area (Å²) >= 11 is 0. The average molecular weight is 743 g/mol. The maximum Gasteiger partial charge on any atom is 0.295 e. The van der Waals surface area contributed by atoms with Gasteiger partial charge in [0.05, 0.1) is 21.8 Å². The topological polar surface area (TPSA) is 197 Å². The zero-order valence-corrected chi connectivity index (χ0v) is 32.9. The molecule has 272 valence electrons. The van der Waals surface area contributed by atoms with E-state index in [1.54, 1.807) is 32.9 Å². The second-order valence-corrected chi connectivity index (χ2v) is 16.1. The lowest BCUT2D eigenvalue weighted by atomic mass is 9.97. The van der Waals surface area contributed by atoms with Gasteiger partial charge in [-0.15, -0.1) is 0 Å². The molecule has 0 aliphatic carbocycles. The molecular formula is C32H54O11S4. The van der Waals surface area contributed by atoms with Crippen LogP contribution < -0.4 is 0 Å². The minimum Gasteiger partial charge on any atom is -0.286 e. The number of hydrogen-bond donors (Lipinski definition) is 3. The molecule has 3 N–H and O–H groups in total. The number of sulfone groups is 1. The van der Waals surface area contributed by atoms with E-state index in [1.807, 2.05) is 46.8 Å². The highest BCUT2D eigenvalue weighted by Crippen LogP contribution is 2.33. The monoisotopic (exact) mass is 742 g/mol. The Balaban J connectivity index is -0.000000640. The van der Waals surface area contributed by atoms with Crippen LogP contribution in [0.15, 0.2) is 57.2 Å². The van der Waals surface area contributed by atoms with E-state index in [0.717, 1.165) is 18.1 Å². The molecule has 0 saturated heterocycles. The van der Waals surface area contributed by atoms with Gasteiger partial charge in [0.2, 0.25) is 0 Å². The van der Waals surface area contributed by atoms with Crippen molar-refractivity contribution in [2.45, 2.75) is 110 Å². The highest BCUT2D eigenvalue weighted by atomic mass is 32.2. The molecule has 0 heterocycles. The molecule has 0 aliphatic rings. The van der Waals surface area contributed by atoms with Gasteiger partial charge in [-0.05, 0) is 91.6 Å². The summed E-state index contributed by atoms with van der Waals surface area (Å²) in [4.78, 5) is -0.355. The maximum absolute atomic E-state index is 11.6. The number of fused-ring (bicyclic) bond motifs is 1. The molecule has 0 spiro atoms. The summed E-state index contributed by atoms with van der Waals surface area (Å²) in [6.45, 7) is 21.2. The first kappa shape index (κ1) is 49.0. The Hall–Kier alpha value is -2.40. The fourth-order valence-electron chi connectivity index (χ4n) is 3.71. The molecular weight excluding hydrogens is 689 g/mol. The van der Waals surface area contributed by atoms with E-state index in [0.29, 0.717) is 34.1 Å². The van der Waals surface area contributed by atoms with Gasteiger partial charge in [0, 0.05) is 5.39 Å². The van der Waals surface area contributed by atoms with Crippen LogP contribution in [0.4, 0.5) is 0 Å². The van der Waals surface area contributed by atoms with Crippen molar-refractivity contribution in [1.82, 2.24) is 0 Å². The zero-order chi connectivity index (χ0) is 38.0. The van der Waals surface area contributed by atoms with Crippen LogP contribution >= 0.6 is 0 Å². The lowest BCUT2D eigenvalue weighted by molar-refractivity contribution is 0.480. The van der Waals surface area contributed by atoms with Gasteiger partial charge in [0.1, 0.15) is 4.90 Å². The van der Waals surface area contributed by atoms with Crippen LogP contribution in [0.1, 0.15) is 90.5 Å². The molecule has 3 aromatic carbocycles. The van der Waals surface area contributed by atoms with Gasteiger partial charge < -0.3 is 0 Å². The van der Waals surface area contributed by atoms with Gasteiger partial charge in [-0.1, -0.05) is 73.9 Å². The van der Waals surface area contributed by atoms with Gasteiger partial charge in [-0.25, -0.2) is 8.42 Å². The van der Waals surface area contributed by atoms with E-state index >= 15 is 0 Å². The Morgan fingerprint density at radius 1 is 0.617 bits per heavy atom. The van der Waals surface area contributed by atoms with Crippen molar-refractivity contribution in [2.24, 2.45) is 0 Å². The van der Waals surface area contributed by atoms with Crippen molar-refractivity contribution in [3.8, 4) is 0 Å². The predicted molar refractivity (Wildman–Crippen MR) is 192 cm³/mol. The van der Waals surface area contributed by atoms with Crippen molar-refractivity contribution in [2.75, 3.05) is 12.0 Å². The van der Waals surface area contributed by atoms with E-state index in [9.17, 15) is 38.2 Å². The second-order valence-electron chi connectivity index (χ2n) is 9.69. The fourth-order valence-corrected chi connectivity index (χ4v) is 6.39. The van der Waals surface area contributed by atoms with Crippen LogP contribution in [0.3, 0.4) is 0 Å². The number of hydrogen-bond acceptors (Lipinski definition) is 8. The van der Waals surface area contributed by atoms with Gasteiger partial charge in [0.15, 0.2) is 9.84 Å². The molecule has 0 bridgehead atoms. The Labute approximate surface area is 284 Å². The zero-order valence-electron chi connectivity index (χ0n) is 29.6. The fraction of sp³-hybridized carbons (Fsp3) is 0.500. The summed E-state index contributed by atoms with van der Waals surface area (Å²) < 4.78 is 113. The van der Waals surface area contributed by atoms with Crippen LogP contribution in [0.2, 0.25) is 0 Å².